The first kappa shape index (κ1) is 15.5. The number of aliphatic hydroxyl groups is 1. The van der Waals surface area contributed by atoms with Gasteiger partial charge in [-0.3, -0.25) is 4.99 Å². The van der Waals surface area contributed by atoms with Crippen molar-refractivity contribution in [2.45, 2.75) is 59.6 Å². The van der Waals surface area contributed by atoms with Crippen molar-refractivity contribution in [2.75, 3.05) is 0 Å². The summed E-state index contributed by atoms with van der Waals surface area (Å²) in [7, 11) is 0. The van der Waals surface area contributed by atoms with Crippen molar-refractivity contribution in [3.8, 4) is 5.75 Å². The molecule has 2 saturated carbocycles. The molecule has 2 fully saturated rings. The number of phenolic OH excluding ortho intramolecular Hbond substituents is 1. The van der Waals surface area contributed by atoms with E-state index in [1.807, 2.05) is 26.0 Å². The molecule has 0 unspecified atom stereocenters. The monoisotopic (exact) mass is 301 g/mol. The van der Waals surface area contributed by atoms with E-state index < -0.39 is 6.10 Å². The highest BCUT2D eigenvalue weighted by atomic mass is 16.3. The van der Waals surface area contributed by atoms with Crippen LogP contribution in [0.3, 0.4) is 0 Å². The number of aliphatic imine (C=N–C) groups is 1. The van der Waals surface area contributed by atoms with E-state index in [1.54, 1.807) is 6.21 Å². The van der Waals surface area contributed by atoms with E-state index in [-0.39, 0.29) is 22.6 Å². The zero-order chi connectivity index (χ0) is 16.3. The lowest BCUT2D eigenvalue weighted by molar-refractivity contribution is 0.00624. The molecule has 120 valence electrons. The molecule has 2 aliphatic rings. The van der Waals surface area contributed by atoms with E-state index in [9.17, 15) is 10.2 Å². The van der Waals surface area contributed by atoms with Crippen LogP contribution < -0.4 is 0 Å². The van der Waals surface area contributed by atoms with Crippen LogP contribution in [0, 0.1) is 30.6 Å². The van der Waals surface area contributed by atoms with Gasteiger partial charge in [-0.2, -0.15) is 0 Å². The number of hydrogen-bond donors (Lipinski definition) is 2. The smallest absolute Gasteiger partial charge is 0.127 e. The van der Waals surface area contributed by atoms with Crippen molar-refractivity contribution in [1.29, 1.82) is 0 Å². The number of rotatable bonds is 2. The average Bonchev–Trinajstić information content (AvgIpc) is 2.74. The molecule has 2 aliphatic carbocycles. The van der Waals surface area contributed by atoms with E-state index in [0.29, 0.717) is 5.92 Å². The van der Waals surface area contributed by atoms with Crippen molar-refractivity contribution in [3.63, 3.8) is 0 Å². The van der Waals surface area contributed by atoms with Gasteiger partial charge in [0.05, 0.1) is 12.1 Å². The van der Waals surface area contributed by atoms with Gasteiger partial charge in [0.1, 0.15) is 5.75 Å². The largest absolute Gasteiger partial charge is 0.507 e. The molecule has 1 aromatic carbocycles. The second-order valence-electron chi connectivity index (χ2n) is 8.02. The summed E-state index contributed by atoms with van der Waals surface area (Å²) in [4.78, 5) is 4.71. The van der Waals surface area contributed by atoms with Crippen LogP contribution in [0.25, 0.3) is 0 Å². The fourth-order valence-electron chi connectivity index (χ4n) is 4.73. The fraction of sp³-hybridized carbons (Fsp3) is 0.632. The Labute approximate surface area is 133 Å². The van der Waals surface area contributed by atoms with Crippen molar-refractivity contribution in [1.82, 2.24) is 0 Å². The van der Waals surface area contributed by atoms with Crippen LogP contribution in [0.4, 0.5) is 0 Å². The van der Waals surface area contributed by atoms with Crippen molar-refractivity contribution in [3.05, 3.63) is 28.8 Å². The van der Waals surface area contributed by atoms with Crippen LogP contribution in [-0.4, -0.2) is 28.6 Å². The van der Waals surface area contributed by atoms with Crippen LogP contribution >= 0.6 is 0 Å². The van der Waals surface area contributed by atoms with Gasteiger partial charge < -0.3 is 10.2 Å². The molecule has 0 spiro atoms. The minimum atomic E-state index is -0.398. The second kappa shape index (κ2) is 4.82. The maximum Gasteiger partial charge on any atom is 0.127 e. The Morgan fingerprint density at radius 1 is 1.23 bits per heavy atom. The molecule has 1 aromatic rings. The Morgan fingerprint density at radius 2 is 1.91 bits per heavy atom. The Balaban J connectivity index is 1.92. The molecule has 0 aliphatic heterocycles. The highest BCUT2D eigenvalue weighted by Gasteiger charge is 2.65. The lowest BCUT2D eigenvalue weighted by Gasteiger charge is -2.36. The molecular formula is C19H27NO2. The number of fused-ring (bicyclic) bond motifs is 2. The molecule has 0 aromatic heterocycles. The van der Waals surface area contributed by atoms with Crippen molar-refractivity contribution >= 4 is 6.21 Å². The minimum absolute atomic E-state index is 0.0514. The van der Waals surface area contributed by atoms with E-state index in [1.165, 1.54) is 0 Å². The number of aromatic hydroxyl groups is 1. The second-order valence-corrected chi connectivity index (χ2v) is 8.02. The lowest BCUT2D eigenvalue weighted by atomic mass is 9.70. The number of nitrogens with zero attached hydrogens (tertiary/aromatic N) is 1. The van der Waals surface area contributed by atoms with Crippen molar-refractivity contribution < 1.29 is 10.2 Å². The highest BCUT2D eigenvalue weighted by molar-refractivity contribution is 5.84. The fourth-order valence-corrected chi connectivity index (χ4v) is 4.73. The Morgan fingerprint density at radius 3 is 2.50 bits per heavy atom. The molecule has 0 amide bonds. The lowest BCUT2D eigenvalue weighted by Crippen LogP contribution is -2.39. The van der Waals surface area contributed by atoms with Crippen LogP contribution in [0.15, 0.2) is 17.1 Å². The number of aliphatic hydroxyl groups excluding tert-OH is 1. The quantitative estimate of drug-likeness (QED) is 0.820. The number of benzene rings is 1. The van der Waals surface area contributed by atoms with Crippen molar-refractivity contribution in [2.24, 2.45) is 21.7 Å². The maximum absolute atomic E-state index is 10.8. The zero-order valence-electron chi connectivity index (χ0n) is 14.2. The van der Waals surface area contributed by atoms with Gasteiger partial charge in [0.25, 0.3) is 0 Å². The van der Waals surface area contributed by atoms with E-state index in [0.717, 1.165) is 29.5 Å². The molecule has 3 nitrogen and oxygen atoms in total. The van der Waals surface area contributed by atoms with Gasteiger partial charge in [-0.1, -0.05) is 26.8 Å². The molecule has 3 rings (SSSR count). The van der Waals surface area contributed by atoms with Crippen LogP contribution in [0.1, 0.15) is 50.3 Å². The predicted molar refractivity (Wildman–Crippen MR) is 89.6 cm³/mol. The van der Waals surface area contributed by atoms with Crippen LogP contribution in [0.2, 0.25) is 0 Å². The molecule has 0 saturated heterocycles. The van der Waals surface area contributed by atoms with Crippen LogP contribution in [-0.2, 0) is 0 Å². The van der Waals surface area contributed by atoms with Gasteiger partial charge in [0, 0.05) is 17.2 Å². The summed E-state index contributed by atoms with van der Waals surface area (Å²) < 4.78 is 0. The Hall–Kier alpha value is -1.35. The molecule has 3 heteroatoms. The van der Waals surface area contributed by atoms with Crippen LogP contribution in [0.5, 0.6) is 5.75 Å². The summed E-state index contributed by atoms with van der Waals surface area (Å²) >= 11 is 0. The first-order valence-corrected chi connectivity index (χ1v) is 8.20. The summed E-state index contributed by atoms with van der Waals surface area (Å²) in [6.45, 7) is 10.6. The third-order valence-corrected chi connectivity index (χ3v) is 6.62. The van der Waals surface area contributed by atoms with Gasteiger partial charge in [0.2, 0.25) is 0 Å². The standard InChI is InChI=1S/C19H27NO2/c1-11-8-12(2)16(21)13(9-11)10-20-15-14-6-7-19(5,17(15)22)18(14,3)4/h8-10,14-15,17,21-22H,6-7H2,1-5H3/t14-,15-,17-,19+/m1/s1. The first-order valence-electron chi connectivity index (χ1n) is 8.20. The van der Waals surface area contributed by atoms with Gasteiger partial charge in [-0.05, 0) is 55.2 Å². The predicted octanol–water partition coefficient (Wildman–Crippen LogP) is 3.61. The summed E-state index contributed by atoms with van der Waals surface area (Å²) in [6.07, 6.45) is 3.56. The molecule has 22 heavy (non-hydrogen) atoms. The third kappa shape index (κ3) is 1.95. The summed E-state index contributed by atoms with van der Waals surface area (Å²) in [5.41, 5.74) is 2.78. The first-order chi connectivity index (χ1) is 10.2. The zero-order valence-corrected chi connectivity index (χ0v) is 14.2. The highest BCUT2D eigenvalue weighted by Crippen LogP contribution is 2.66. The minimum Gasteiger partial charge on any atom is -0.507 e. The molecular weight excluding hydrogens is 274 g/mol. The van der Waals surface area contributed by atoms with Gasteiger partial charge in [-0.25, -0.2) is 0 Å². The summed E-state index contributed by atoms with van der Waals surface area (Å²) in [6, 6.07) is 3.84. The molecule has 2 bridgehead atoms. The molecule has 2 N–H and O–H groups in total. The topological polar surface area (TPSA) is 52.8 Å². The SMILES string of the molecule is Cc1cc(C)c(O)c(C=N[C@@H]2[C@H]3CC[C@@](C)([C@@H]2O)C3(C)C)c1. The molecule has 0 radical (unpaired) electrons. The summed E-state index contributed by atoms with van der Waals surface area (Å²) in [5.74, 6) is 0.703. The summed E-state index contributed by atoms with van der Waals surface area (Å²) in [5, 5.41) is 20.9. The Bertz CT molecular complexity index is 635. The van der Waals surface area contributed by atoms with Gasteiger partial charge in [0.15, 0.2) is 0 Å². The Kier molecular flexibility index (Phi) is 3.41. The van der Waals surface area contributed by atoms with E-state index in [4.69, 9.17) is 4.99 Å². The average molecular weight is 301 g/mol. The van der Waals surface area contributed by atoms with E-state index >= 15 is 0 Å². The maximum atomic E-state index is 10.8. The van der Waals surface area contributed by atoms with Gasteiger partial charge in [-0.15, -0.1) is 0 Å². The normalized spacial score (nSPS) is 36.4. The number of hydrogen-bond acceptors (Lipinski definition) is 3. The van der Waals surface area contributed by atoms with E-state index in [2.05, 4.69) is 20.8 Å². The number of phenols is 1. The molecule has 0 heterocycles. The third-order valence-electron chi connectivity index (χ3n) is 6.62. The molecule has 4 atom stereocenters. The number of aryl methyl sites for hydroxylation is 2. The van der Waals surface area contributed by atoms with Gasteiger partial charge >= 0.3 is 0 Å².